The van der Waals surface area contributed by atoms with E-state index in [1.54, 1.807) is 0 Å². The van der Waals surface area contributed by atoms with E-state index in [1.165, 1.54) is 18.2 Å². The molecule has 0 saturated carbocycles. The van der Waals surface area contributed by atoms with Crippen LogP contribution in [-0.2, 0) is 0 Å². The normalized spacial score (nSPS) is 18.8. The van der Waals surface area contributed by atoms with Crippen molar-refractivity contribution in [1.29, 1.82) is 0 Å². The van der Waals surface area contributed by atoms with Gasteiger partial charge in [-0.15, -0.1) is 0 Å². The van der Waals surface area contributed by atoms with E-state index >= 15 is 0 Å². The van der Waals surface area contributed by atoms with Crippen molar-refractivity contribution >= 4 is 11.5 Å². The van der Waals surface area contributed by atoms with Crippen LogP contribution in [0.2, 0.25) is 0 Å². The Balaban J connectivity index is 1.63. The van der Waals surface area contributed by atoms with Crippen LogP contribution in [0.3, 0.4) is 0 Å². The number of carbonyl (C=O) groups is 1. The second-order valence-corrected chi connectivity index (χ2v) is 5.94. The van der Waals surface area contributed by atoms with Crippen LogP contribution in [-0.4, -0.2) is 24.2 Å². The molecule has 2 heterocycles. The number of rotatable bonds is 2. The standard InChI is InChI=1S/C18H16NO6/c20-14-10-17(25-15-5-3-12(19(21)22)9-13(14)15)11-2-4-16-18(8-11)24-7-1-6-23-16/h2-5,8-9,17,21H,1,6-7,10H2/q-1/t17-/m1/s1. The molecule has 0 aromatic heterocycles. The fraction of sp³-hybridized carbons (Fsp3) is 0.278. The fourth-order valence-electron chi connectivity index (χ4n) is 3.00. The summed E-state index contributed by atoms with van der Waals surface area (Å²) in [6.45, 7) is 1.20. The van der Waals surface area contributed by atoms with E-state index in [-0.39, 0.29) is 28.7 Å². The maximum absolute atomic E-state index is 12.4. The predicted octanol–water partition coefficient (Wildman–Crippen LogP) is 3.25. The summed E-state index contributed by atoms with van der Waals surface area (Å²) in [6, 6.07) is 9.76. The van der Waals surface area contributed by atoms with E-state index in [4.69, 9.17) is 19.4 Å². The van der Waals surface area contributed by atoms with Gasteiger partial charge in [-0.05, 0) is 35.9 Å². The highest BCUT2D eigenvalue weighted by Crippen LogP contribution is 2.39. The second-order valence-electron chi connectivity index (χ2n) is 5.94. The number of carbonyl (C=O) groups excluding carboxylic acids is 1. The average Bonchev–Trinajstić information content (AvgIpc) is 2.86. The molecule has 2 aromatic carbocycles. The molecule has 0 unspecified atom stereocenters. The quantitative estimate of drug-likeness (QED) is 0.838. The van der Waals surface area contributed by atoms with Crippen LogP contribution in [0, 0.1) is 5.21 Å². The first kappa shape index (κ1) is 15.7. The van der Waals surface area contributed by atoms with Crippen LogP contribution in [0.25, 0.3) is 0 Å². The first-order valence-electron chi connectivity index (χ1n) is 8.01. The van der Waals surface area contributed by atoms with Crippen LogP contribution >= 0.6 is 0 Å². The largest absolute Gasteiger partial charge is 0.733 e. The number of ketones is 1. The summed E-state index contributed by atoms with van der Waals surface area (Å²) in [4.78, 5) is 12.4. The molecule has 0 radical (unpaired) electrons. The third kappa shape index (κ3) is 2.99. The van der Waals surface area contributed by atoms with Crippen LogP contribution in [0.5, 0.6) is 17.2 Å². The predicted molar refractivity (Wildman–Crippen MR) is 88.4 cm³/mol. The zero-order chi connectivity index (χ0) is 17.4. The minimum absolute atomic E-state index is 0.00951. The Kier molecular flexibility index (Phi) is 3.95. The number of nitrogens with zero attached hydrogens (tertiary/aromatic N) is 1. The molecular formula is C18H16NO6-. The van der Waals surface area contributed by atoms with Crippen LogP contribution < -0.4 is 19.4 Å². The number of benzene rings is 2. The van der Waals surface area contributed by atoms with Gasteiger partial charge in [0.05, 0.1) is 30.9 Å². The highest BCUT2D eigenvalue weighted by Gasteiger charge is 2.29. The molecular weight excluding hydrogens is 326 g/mol. The third-order valence-electron chi connectivity index (χ3n) is 4.27. The lowest BCUT2D eigenvalue weighted by molar-refractivity contribution is 0.0849. The summed E-state index contributed by atoms with van der Waals surface area (Å²) < 4.78 is 17.2. The minimum Gasteiger partial charge on any atom is -0.733 e. The van der Waals surface area contributed by atoms with E-state index in [0.717, 1.165) is 12.0 Å². The van der Waals surface area contributed by atoms with Crippen molar-refractivity contribution in [2.75, 3.05) is 18.4 Å². The van der Waals surface area contributed by atoms with Crippen molar-refractivity contribution < 1.29 is 24.2 Å². The average molecular weight is 342 g/mol. The summed E-state index contributed by atoms with van der Waals surface area (Å²) in [6.07, 6.45) is 0.514. The molecule has 0 amide bonds. The van der Waals surface area contributed by atoms with E-state index in [2.05, 4.69) is 0 Å². The first-order chi connectivity index (χ1) is 12.1. The van der Waals surface area contributed by atoms with Gasteiger partial charge in [0, 0.05) is 6.42 Å². The van der Waals surface area contributed by atoms with Crippen molar-refractivity contribution in [3.63, 3.8) is 0 Å². The third-order valence-corrected chi connectivity index (χ3v) is 4.27. The molecule has 2 aliphatic heterocycles. The van der Waals surface area contributed by atoms with Gasteiger partial charge >= 0.3 is 0 Å². The van der Waals surface area contributed by atoms with Crippen LogP contribution in [0.4, 0.5) is 5.69 Å². The topological polar surface area (TPSA) is 91.3 Å². The molecule has 0 spiro atoms. The van der Waals surface area contributed by atoms with Crippen molar-refractivity contribution in [3.8, 4) is 17.2 Å². The van der Waals surface area contributed by atoms with Crippen LogP contribution in [0.15, 0.2) is 36.4 Å². The molecule has 4 rings (SSSR count). The Hall–Kier alpha value is -2.77. The number of Topliss-reactive ketones (excluding diaryl/α,β-unsaturated/α-hetero) is 1. The van der Waals surface area contributed by atoms with Crippen molar-refractivity contribution in [2.45, 2.75) is 18.9 Å². The van der Waals surface area contributed by atoms with Gasteiger partial charge in [-0.25, -0.2) is 0 Å². The van der Waals surface area contributed by atoms with Gasteiger partial charge in [0.15, 0.2) is 17.3 Å². The molecule has 0 aliphatic carbocycles. The molecule has 130 valence electrons. The summed E-state index contributed by atoms with van der Waals surface area (Å²) in [5, 5.41) is 19.7. The molecule has 2 aliphatic rings. The zero-order valence-electron chi connectivity index (χ0n) is 13.3. The molecule has 0 bridgehead atoms. The van der Waals surface area contributed by atoms with Crippen molar-refractivity contribution in [1.82, 2.24) is 0 Å². The zero-order valence-corrected chi connectivity index (χ0v) is 13.3. The van der Waals surface area contributed by atoms with Gasteiger partial charge in [0.25, 0.3) is 0 Å². The molecule has 0 fully saturated rings. The monoisotopic (exact) mass is 342 g/mol. The molecule has 25 heavy (non-hydrogen) atoms. The number of hydrogen-bond acceptors (Lipinski definition) is 7. The van der Waals surface area contributed by atoms with E-state index in [9.17, 15) is 10.0 Å². The summed E-state index contributed by atoms with van der Waals surface area (Å²) in [7, 11) is 0. The SMILES string of the molecule is O=C1C[C@H](c2ccc3c(c2)OCCCO3)Oc2ccc(N([O-])O)cc21. The highest BCUT2D eigenvalue weighted by atomic mass is 16.8. The fourth-order valence-corrected chi connectivity index (χ4v) is 3.00. The van der Waals surface area contributed by atoms with Gasteiger partial charge in [0.1, 0.15) is 11.9 Å². The van der Waals surface area contributed by atoms with E-state index < -0.39 is 6.10 Å². The highest BCUT2D eigenvalue weighted by molar-refractivity contribution is 6.00. The lowest BCUT2D eigenvalue weighted by Gasteiger charge is -2.28. The van der Waals surface area contributed by atoms with Gasteiger partial charge in [-0.1, -0.05) is 6.07 Å². The number of fused-ring (bicyclic) bond motifs is 2. The molecule has 2 aromatic rings. The Bertz CT molecular complexity index is 819. The van der Waals surface area contributed by atoms with E-state index in [0.29, 0.717) is 30.5 Å². The Morgan fingerprint density at radius 2 is 1.80 bits per heavy atom. The lowest BCUT2D eigenvalue weighted by Crippen LogP contribution is -2.21. The molecule has 0 saturated heterocycles. The van der Waals surface area contributed by atoms with Gasteiger partial charge < -0.3 is 24.6 Å². The first-order valence-corrected chi connectivity index (χ1v) is 8.01. The molecule has 1 atom stereocenters. The summed E-state index contributed by atoms with van der Waals surface area (Å²) >= 11 is 0. The Morgan fingerprint density at radius 1 is 1.04 bits per heavy atom. The number of hydrogen-bond donors (Lipinski definition) is 1. The van der Waals surface area contributed by atoms with Crippen LogP contribution in [0.1, 0.15) is 34.9 Å². The maximum atomic E-state index is 12.4. The Labute approximate surface area is 143 Å². The molecule has 7 nitrogen and oxygen atoms in total. The second kappa shape index (κ2) is 6.27. The number of anilines is 1. The van der Waals surface area contributed by atoms with Gasteiger partial charge in [-0.2, -0.15) is 0 Å². The van der Waals surface area contributed by atoms with Crippen molar-refractivity contribution in [3.05, 3.63) is 52.7 Å². The maximum Gasteiger partial charge on any atom is 0.170 e. The lowest BCUT2D eigenvalue weighted by atomic mass is 9.95. The summed E-state index contributed by atoms with van der Waals surface area (Å²) in [5.74, 6) is 1.57. The molecule has 7 heteroatoms. The smallest absolute Gasteiger partial charge is 0.170 e. The van der Waals surface area contributed by atoms with Gasteiger partial charge in [0.2, 0.25) is 0 Å². The van der Waals surface area contributed by atoms with E-state index in [1.807, 2.05) is 18.2 Å². The van der Waals surface area contributed by atoms with Crippen molar-refractivity contribution in [2.24, 2.45) is 0 Å². The molecule has 1 N–H and O–H groups in total. The van der Waals surface area contributed by atoms with Gasteiger partial charge in [-0.3, -0.25) is 10.0 Å². The summed E-state index contributed by atoms with van der Waals surface area (Å²) in [5.41, 5.74) is 1.10. The Morgan fingerprint density at radius 3 is 2.60 bits per heavy atom. The minimum atomic E-state index is -0.444. The number of ether oxygens (including phenoxy) is 3.